The molecule has 0 spiro atoms. The van der Waals surface area contributed by atoms with Crippen molar-refractivity contribution in [2.24, 2.45) is 11.7 Å². The number of ether oxygens (including phenoxy) is 1. The molecule has 0 aliphatic carbocycles. The first-order valence-corrected chi connectivity index (χ1v) is 17.0. The highest BCUT2D eigenvalue weighted by atomic mass is 32.2. The lowest BCUT2D eigenvalue weighted by Crippen LogP contribution is -2.52. The number of rotatable bonds is 10. The van der Waals surface area contributed by atoms with Crippen LogP contribution in [0.3, 0.4) is 0 Å². The van der Waals surface area contributed by atoms with Gasteiger partial charge >= 0.3 is 5.97 Å². The van der Waals surface area contributed by atoms with E-state index in [1.807, 2.05) is 13.8 Å². The average Bonchev–Trinajstić information content (AvgIpc) is 3.03. The Labute approximate surface area is 284 Å². The van der Waals surface area contributed by atoms with E-state index < -0.39 is 33.9 Å². The highest BCUT2D eigenvalue weighted by molar-refractivity contribution is 7.85. The van der Waals surface area contributed by atoms with Gasteiger partial charge in [0.05, 0.1) is 25.0 Å². The molecule has 16 heteroatoms. The Morgan fingerprint density at radius 3 is 2.10 bits per heavy atom. The fraction of sp³-hybridized carbons (Fsp3) is 0.333. The van der Waals surface area contributed by atoms with Crippen LogP contribution in [0.4, 0.5) is 5.69 Å². The molecule has 3 amide bonds. The maximum atomic E-state index is 13.3. The Morgan fingerprint density at radius 2 is 1.55 bits per heavy atom. The highest BCUT2D eigenvalue weighted by Gasteiger charge is 2.29. The molecule has 0 bridgehead atoms. The van der Waals surface area contributed by atoms with Gasteiger partial charge in [0, 0.05) is 41.2 Å². The van der Waals surface area contributed by atoms with Crippen molar-refractivity contribution in [2.45, 2.75) is 33.2 Å². The van der Waals surface area contributed by atoms with Gasteiger partial charge in [-0.2, -0.15) is 8.42 Å². The van der Waals surface area contributed by atoms with Gasteiger partial charge in [0.1, 0.15) is 17.6 Å². The van der Waals surface area contributed by atoms with Crippen LogP contribution in [-0.4, -0.2) is 96.1 Å². The number of nitrogens with two attached hydrogens (primary N) is 1. The van der Waals surface area contributed by atoms with Gasteiger partial charge in [0.25, 0.3) is 21.9 Å². The summed E-state index contributed by atoms with van der Waals surface area (Å²) in [5.74, 6) is -2.65. The molecule has 1 aliphatic heterocycles. The number of aryl methyl sites for hydroxylation is 1. The summed E-state index contributed by atoms with van der Waals surface area (Å²) < 4.78 is 31.2. The van der Waals surface area contributed by atoms with Crippen molar-refractivity contribution in [3.63, 3.8) is 0 Å². The monoisotopic (exact) mass is 696 g/mol. The van der Waals surface area contributed by atoms with Gasteiger partial charge in [-0.25, -0.2) is 9.78 Å². The van der Waals surface area contributed by atoms with E-state index in [0.717, 1.165) is 0 Å². The number of nitrogens with one attached hydrogen (secondary N) is 3. The molecule has 1 saturated heterocycles. The lowest BCUT2D eigenvalue weighted by Gasteiger charge is -2.31. The third kappa shape index (κ3) is 11.5. The number of aromatic nitrogens is 1. The number of nitrogen functional groups attached to an aromatic ring is 1. The van der Waals surface area contributed by atoms with Gasteiger partial charge in [-0.15, -0.1) is 0 Å². The summed E-state index contributed by atoms with van der Waals surface area (Å²) >= 11 is 0. The molecule has 0 radical (unpaired) electrons. The summed E-state index contributed by atoms with van der Waals surface area (Å²) in [5.41, 5.74) is 7.28. The van der Waals surface area contributed by atoms with Crippen molar-refractivity contribution < 1.29 is 42.0 Å². The summed E-state index contributed by atoms with van der Waals surface area (Å²) in [6.45, 7) is 7.34. The number of carbonyl (C=O) groups excluding carboxylic acids is 3. The molecule has 262 valence electrons. The van der Waals surface area contributed by atoms with Crippen molar-refractivity contribution in [1.82, 2.24) is 15.2 Å². The van der Waals surface area contributed by atoms with Gasteiger partial charge < -0.3 is 31.1 Å². The molecule has 0 unspecified atom stereocenters. The van der Waals surface area contributed by atoms with Crippen LogP contribution >= 0.6 is 0 Å². The fourth-order valence-corrected chi connectivity index (χ4v) is 4.91. The van der Waals surface area contributed by atoms with Crippen LogP contribution in [0.25, 0.3) is 11.1 Å². The largest absolute Gasteiger partial charge is 0.478 e. The number of hydrogen-bond donors (Lipinski definition) is 6. The van der Waals surface area contributed by atoms with Gasteiger partial charge in [0.15, 0.2) is 0 Å². The average molecular weight is 697 g/mol. The standard InChI is InChI=1S/C32H36N6O6.CH4O3S/c1-18(2)16-26(31(41)38-12-14-44-15-13-38)37-29(39)21-7-11-23(25(17-21)32(42)43)24-10-4-19(3)35-27(24)30(40)36-22-8-5-20(6-9-22)28(33)34;1-5(2,3)4/h4-11,17-18,26H,12-16H2,1-3H3,(H3,33,34)(H,36,40)(H,37,39)(H,42,43);1H3,(H,2,3,4)/t26-;/m0./s1. The maximum absolute atomic E-state index is 13.3. The molecule has 0 saturated carbocycles. The van der Waals surface area contributed by atoms with Crippen molar-refractivity contribution >= 4 is 45.3 Å². The van der Waals surface area contributed by atoms with Crippen molar-refractivity contribution in [3.05, 3.63) is 82.7 Å². The molecule has 1 aromatic heterocycles. The molecule has 2 heterocycles. The van der Waals surface area contributed by atoms with E-state index in [1.165, 1.54) is 18.2 Å². The van der Waals surface area contributed by atoms with Crippen LogP contribution in [0.5, 0.6) is 0 Å². The third-order valence-corrected chi connectivity index (χ3v) is 7.14. The summed E-state index contributed by atoms with van der Waals surface area (Å²) in [6.07, 6.45) is 1.13. The second kappa shape index (κ2) is 16.8. The number of aromatic carboxylic acids is 1. The summed E-state index contributed by atoms with van der Waals surface area (Å²) in [6, 6.07) is 13.0. The number of carbonyl (C=O) groups is 4. The third-order valence-electron chi connectivity index (χ3n) is 7.14. The van der Waals surface area contributed by atoms with Crippen LogP contribution in [0.1, 0.15) is 62.7 Å². The summed E-state index contributed by atoms with van der Waals surface area (Å²) in [4.78, 5) is 58.4. The molecule has 2 aromatic carbocycles. The lowest BCUT2D eigenvalue weighted by atomic mass is 9.95. The number of hydrogen-bond acceptors (Lipinski definition) is 9. The van der Waals surface area contributed by atoms with E-state index in [0.29, 0.717) is 55.9 Å². The molecule has 1 aliphatic rings. The summed E-state index contributed by atoms with van der Waals surface area (Å²) in [7, 11) is -3.67. The van der Waals surface area contributed by atoms with Crippen molar-refractivity contribution in [3.8, 4) is 11.1 Å². The van der Waals surface area contributed by atoms with E-state index in [1.54, 1.807) is 48.2 Å². The first kappa shape index (κ1) is 38.3. The lowest BCUT2D eigenvalue weighted by molar-refractivity contribution is -0.137. The molecule has 15 nitrogen and oxygen atoms in total. The van der Waals surface area contributed by atoms with E-state index in [4.69, 9.17) is 20.4 Å². The van der Waals surface area contributed by atoms with Gasteiger partial charge in [-0.1, -0.05) is 26.0 Å². The van der Waals surface area contributed by atoms with Crippen molar-refractivity contribution in [1.29, 1.82) is 5.41 Å². The second-order valence-electron chi connectivity index (χ2n) is 11.7. The second-order valence-corrected chi connectivity index (χ2v) is 13.2. The van der Waals surface area contributed by atoms with E-state index in [-0.39, 0.29) is 45.6 Å². The topological polar surface area (TPSA) is 242 Å². The number of benzene rings is 2. The number of anilines is 1. The summed E-state index contributed by atoms with van der Waals surface area (Å²) in [5, 5.41) is 23.2. The Balaban J connectivity index is 0.00000121. The molecule has 49 heavy (non-hydrogen) atoms. The number of amides is 3. The molecule has 4 rings (SSSR count). The van der Waals surface area contributed by atoms with Crippen LogP contribution in [0.15, 0.2) is 54.6 Å². The van der Waals surface area contributed by atoms with Crippen LogP contribution < -0.4 is 16.4 Å². The Kier molecular flexibility index (Phi) is 13.1. The van der Waals surface area contributed by atoms with Crippen LogP contribution in [0.2, 0.25) is 0 Å². The SMILES string of the molecule is CS(=O)(=O)O.Cc1ccc(-c2ccc(C(=O)N[C@@H](CC(C)C)C(=O)N3CCOCC3)cc2C(=O)O)c(C(=O)Nc2ccc(C(=N)N)cc2)n1. The van der Waals surface area contributed by atoms with Gasteiger partial charge in [-0.05, 0) is 67.3 Å². The zero-order valence-electron chi connectivity index (χ0n) is 27.5. The first-order chi connectivity index (χ1) is 22.9. The van der Waals surface area contributed by atoms with Crippen molar-refractivity contribution in [2.75, 3.05) is 37.9 Å². The van der Waals surface area contributed by atoms with E-state index in [9.17, 15) is 32.7 Å². The van der Waals surface area contributed by atoms with Crippen LogP contribution in [0, 0.1) is 18.3 Å². The van der Waals surface area contributed by atoms with E-state index in [2.05, 4.69) is 15.6 Å². The zero-order valence-corrected chi connectivity index (χ0v) is 28.3. The Hall–Kier alpha value is -5.19. The normalized spacial score (nSPS) is 13.5. The minimum Gasteiger partial charge on any atom is -0.478 e. The molecular formula is C33H40N6O9S. The smallest absolute Gasteiger partial charge is 0.336 e. The number of morpholine rings is 1. The molecule has 7 N–H and O–H groups in total. The zero-order chi connectivity index (χ0) is 36.5. The Bertz CT molecular complexity index is 1810. The quantitative estimate of drug-likeness (QED) is 0.102. The molecule has 1 fully saturated rings. The molecule has 3 aromatic rings. The minimum absolute atomic E-state index is 0.00606. The molecular weight excluding hydrogens is 656 g/mol. The van der Waals surface area contributed by atoms with Crippen LogP contribution in [-0.2, 0) is 19.6 Å². The molecule has 1 atom stereocenters. The number of carboxylic acids is 1. The Morgan fingerprint density at radius 1 is 0.980 bits per heavy atom. The predicted octanol–water partition coefficient (Wildman–Crippen LogP) is 2.80. The van der Waals surface area contributed by atoms with E-state index >= 15 is 0 Å². The maximum Gasteiger partial charge on any atom is 0.336 e. The van der Waals surface area contributed by atoms with Gasteiger partial charge in [0.2, 0.25) is 5.91 Å². The number of amidine groups is 1. The van der Waals surface area contributed by atoms with Gasteiger partial charge in [-0.3, -0.25) is 24.3 Å². The minimum atomic E-state index is -3.67. The number of carboxylic acid groups (broad SMARTS) is 1. The fourth-order valence-electron chi connectivity index (χ4n) is 4.91. The predicted molar refractivity (Wildman–Crippen MR) is 182 cm³/mol. The highest BCUT2D eigenvalue weighted by Crippen LogP contribution is 2.29. The number of nitrogens with zero attached hydrogens (tertiary/aromatic N) is 2. The first-order valence-electron chi connectivity index (χ1n) is 15.2. The number of pyridine rings is 1.